The summed E-state index contributed by atoms with van der Waals surface area (Å²) in [5.41, 5.74) is 0. The first-order valence-corrected chi connectivity index (χ1v) is 10.8. The summed E-state index contributed by atoms with van der Waals surface area (Å²) in [5, 5.41) is 0. The summed E-state index contributed by atoms with van der Waals surface area (Å²) in [6.07, 6.45) is 16.5. The third-order valence-electron chi connectivity index (χ3n) is 3.42. The van der Waals surface area contributed by atoms with Gasteiger partial charge < -0.3 is 0 Å². The van der Waals surface area contributed by atoms with E-state index >= 15 is 0 Å². The maximum absolute atomic E-state index is 3.41. The van der Waals surface area contributed by atoms with Crippen LogP contribution in [0.1, 0.15) is 90.9 Å². The van der Waals surface area contributed by atoms with Crippen molar-refractivity contribution in [3.05, 3.63) is 0 Å². The van der Waals surface area contributed by atoms with Crippen molar-refractivity contribution in [2.24, 2.45) is 0 Å². The van der Waals surface area contributed by atoms with Crippen LogP contribution in [-0.2, 0) is 0 Å². The molecule has 122 valence electrons. The van der Waals surface area contributed by atoms with Gasteiger partial charge in [-0.3, -0.25) is 9.44 Å². The molecule has 0 aliphatic rings. The van der Waals surface area contributed by atoms with Crippen LogP contribution in [0.25, 0.3) is 0 Å². The molecule has 4 heteroatoms. The minimum atomic E-state index is 1.14. The van der Waals surface area contributed by atoms with E-state index in [9.17, 15) is 0 Å². The number of unbranched alkanes of at least 4 members (excludes halogenated alkanes) is 10. The Bertz CT molecular complexity index is 151. The Labute approximate surface area is 135 Å². The van der Waals surface area contributed by atoms with Crippen LogP contribution >= 0.6 is 22.0 Å². The van der Waals surface area contributed by atoms with Gasteiger partial charge >= 0.3 is 0 Å². The second kappa shape index (κ2) is 19.6. The van der Waals surface area contributed by atoms with Crippen LogP contribution in [0.5, 0.6) is 0 Å². The van der Waals surface area contributed by atoms with Crippen molar-refractivity contribution in [1.82, 2.24) is 9.44 Å². The van der Waals surface area contributed by atoms with Crippen LogP contribution in [0.15, 0.2) is 0 Å². The maximum atomic E-state index is 3.41. The van der Waals surface area contributed by atoms with Gasteiger partial charge in [0.05, 0.1) is 0 Å². The Morgan fingerprint density at radius 2 is 0.850 bits per heavy atom. The minimum absolute atomic E-state index is 1.14. The summed E-state index contributed by atoms with van der Waals surface area (Å²) < 4.78 is 6.82. The van der Waals surface area contributed by atoms with Crippen LogP contribution in [0.2, 0.25) is 0 Å². The lowest BCUT2D eigenvalue weighted by molar-refractivity contribution is 0.606. The highest BCUT2D eigenvalue weighted by Crippen LogP contribution is 2.13. The van der Waals surface area contributed by atoms with E-state index in [4.69, 9.17) is 0 Å². The lowest BCUT2D eigenvalue weighted by Crippen LogP contribution is -2.08. The summed E-state index contributed by atoms with van der Waals surface area (Å²) in [6, 6.07) is 0. The molecule has 0 spiro atoms. The van der Waals surface area contributed by atoms with Crippen molar-refractivity contribution in [3.8, 4) is 0 Å². The molecule has 0 amide bonds. The van der Waals surface area contributed by atoms with Gasteiger partial charge in [0, 0.05) is 35.0 Å². The molecule has 0 aliphatic carbocycles. The topological polar surface area (TPSA) is 24.1 Å². The van der Waals surface area contributed by atoms with E-state index in [1.807, 2.05) is 0 Å². The summed E-state index contributed by atoms with van der Waals surface area (Å²) >= 11 is 0. The second-order valence-corrected chi connectivity index (χ2v) is 7.40. The highest BCUT2D eigenvalue weighted by atomic mass is 33.1. The van der Waals surface area contributed by atoms with Crippen LogP contribution in [0.4, 0.5) is 0 Å². The van der Waals surface area contributed by atoms with E-state index in [1.165, 1.54) is 77.0 Å². The fraction of sp³-hybridized carbons (Fsp3) is 1.00. The van der Waals surface area contributed by atoms with Crippen molar-refractivity contribution in [2.45, 2.75) is 90.9 Å². The van der Waals surface area contributed by atoms with E-state index in [0.717, 1.165) is 13.1 Å². The Morgan fingerprint density at radius 1 is 0.500 bits per heavy atom. The molecule has 2 N–H and O–H groups in total. The molecule has 20 heavy (non-hydrogen) atoms. The second-order valence-electron chi connectivity index (χ2n) is 5.49. The van der Waals surface area contributed by atoms with E-state index in [-0.39, 0.29) is 0 Å². The molecule has 0 fully saturated rings. The predicted octanol–water partition coefficient (Wildman–Crippen LogP) is 6.10. The molecule has 0 aromatic rings. The zero-order chi connectivity index (χ0) is 14.7. The van der Waals surface area contributed by atoms with Gasteiger partial charge in [0.15, 0.2) is 0 Å². The summed E-state index contributed by atoms with van der Waals surface area (Å²) in [6.45, 7) is 6.83. The van der Waals surface area contributed by atoms with Gasteiger partial charge in [0.25, 0.3) is 0 Å². The van der Waals surface area contributed by atoms with E-state index in [2.05, 4.69) is 23.3 Å². The molecule has 0 heterocycles. The van der Waals surface area contributed by atoms with Crippen LogP contribution in [0, 0.1) is 0 Å². The number of hydrogen-bond donors (Lipinski definition) is 2. The molecule has 0 bridgehead atoms. The number of nitrogens with one attached hydrogen (secondary N) is 2. The SMILES string of the molecule is CCCCCCCCNSSNCCCCCCCC. The fourth-order valence-corrected chi connectivity index (χ4v) is 3.52. The smallest absolute Gasteiger partial charge is 0.00668 e. The first-order valence-electron chi connectivity index (χ1n) is 8.70. The van der Waals surface area contributed by atoms with Crippen molar-refractivity contribution < 1.29 is 0 Å². The molecule has 0 rings (SSSR count). The molecule has 0 saturated heterocycles. The minimum Gasteiger partial charge on any atom is -0.254 e. The van der Waals surface area contributed by atoms with Gasteiger partial charge in [-0.15, -0.1) is 0 Å². The molecular formula is C16H36N2S2. The van der Waals surface area contributed by atoms with E-state index < -0.39 is 0 Å². The summed E-state index contributed by atoms with van der Waals surface area (Å²) in [5.74, 6) is 0. The fourth-order valence-electron chi connectivity index (χ4n) is 2.10. The first-order chi connectivity index (χ1) is 9.91. The predicted molar refractivity (Wildman–Crippen MR) is 97.9 cm³/mol. The molecule has 2 nitrogen and oxygen atoms in total. The maximum Gasteiger partial charge on any atom is 0.00668 e. The van der Waals surface area contributed by atoms with Crippen molar-refractivity contribution in [1.29, 1.82) is 0 Å². The molecule has 0 radical (unpaired) electrons. The monoisotopic (exact) mass is 320 g/mol. The standard InChI is InChI=1S/C16H36N2S2/c1-3-5-7-9-11-13-15-17-19-20-18-16-14-12-10-8-6-4-2/h17-18H,3-16H2,1-2H3. The highest BCUT2D eigenvalue weighted by Gasteiger charge is 1.93. The molecule has 0 saturated carbocycles. The van der Waals surface area contributed by atoms with Crippen molar-refractivity contribution in [2.75, 3.05) is 13.1 Å². The lowest BCUT2D eigenvalue weighted by Gasteiger charge is -2.05. The third-order valence-corrected chi connectivity index (χ3v) is 5.11. The van der Waals surface area contributed by atoms with Gasteiger partial charge in [-0.25, -0.2) is 0 Å². The number of hydrogen-bond acceptors (Lipinski definition) is 4. The zero-order valence-corrected chi connectivity index (χ0v) is 15.3. The largest absolute Gasteiger partial charge is 0.254 e. The average molecular weight is 321 g/mol. The molecule has 0 aliphatic heterocycles. The summed E-state index contributed by atoms with van der Waals surface area (Å²) in [4.78, 5) is 0. The Hall–Kier alpha value is 0.620. The quantitative estimate of drug-likeness (QED) is 0.192. The van der Waals surface area contributed by atoms with Gasteiger partial charge in [-0.2, -0.15) is 0 Å². The van der Waals surface area contributed by atoms with Crippen LogP contribution in [-0.4, -0.2) is 13.1 Å². The van der Waals surface area contributed by atoms with Crippen LogP contribution < -0.4 is 9.44 Å². The number of rotatable bonds is 17. The third kappa shape index (κ3) is 18.6. The molecule has 0 aromatic carbocycles. The highest BCUT2D eigenvalue weighted by molar-refractivity contribution is 8.75. The Balaban J connectivity index is 2.89. The normalized spacial score (nSPS) is 11.1. The van der Waals surface area contributed by atoms with Crippen molar-refractivity contribution >= 4 is 22.0 Å². The molecule has 0 aromatic heterocycles. The van der Waals surface area contributed by atoms with Gasteiger partial charge in [-0.05, 0) is 12.8 Å². The molecular weight excluding hydrogens is 284 g/mol. The molecule has 0 unspecified atom stereocenters. The Morgan fingerprint density at radius 3 is 1.25 bits per heavy atom. The zero-order valence-electron chi connectivity index (χ0n) is 13.7. The Kier molecular flexibility index (Phi) is 20.2. The van der Waals surface area contributed by atoms with Gasteiger partial charge in [0.1, 0.15) is 0 Å². The van der Waals surface area contributed by atoms with E-state index in [1.54, 1.807) is 22.0 Å². The summed E-state index contributed by atoms with van der Waals surface area (Å²) in [7, 11) is 3.50. The van der Waals surface area contributed by atoms with Gasteiger partial charge in [0.2, 0.25) is 0 Å². The van der Waals surface area contributed by atoms with E-state index in [0.29, 0.717) is 0 Å². The van der Waals surface area contributed by atoms with Crippen LogP contribution in [0.3, 0.4) is 0 Å². The molecule has 0 atom stereocenters. The van der Waals surface area contributed by atoms with Gasteiger partial charge in [-0.1, -0.05) is 78.1 Å². The lowest BCUT2D eigenvalue weighted by atomic mass is 10.1. The average Bonchev–Trinajstić information content (AvgIpc) is 2.47. The van der Waals surface area contributed by atoms with Crippen molar-refractivity contribution in [3.63, 3.8) is 0 Å². The first kappa shape index (κ1) is 20.6.